The van der Waals surface area contributed by atoms with E-state index in [1.54, 1.807) is 0 Å². The first kappa shape index (κ1) is 19.1. The van der Waals surface area contributed by atoms with Crippen LogP contribution < -0.4 is 0 Å². The molecule has 2 unspecified atom stereocenters. The molecule has 29 heavy (non-hydrogen) atoms. The molecule has 0 bridgehead atoms. The number of methoxy groups -OCH3 is 1. The highest BCUT2D eigenvalue weighted by atomic mass is 16.8. The van der Waals surface area contributed by atoms with Gasteiger partial charge in [-0.15, -0.1) is 0 Å². The number of fused-ring (bicyclic) bond motifs is 3. The van der Waals surface area contributed by atoms with E-state index >= 15 is 0 Å². The summed E-state index contributed by atoms with van der Waals surface area (Å²) in [6.07, 6.45) is -1.25. The molecule has 154 valence electrons. The maximum Gasteiger partial charge on any atom is 0.268 e. The monoisotopic (exact) mass is 406 g/mol. The summed E-state index contributed by atoms with van der Waals surface area (Å²) in [6.45, 7) is 2.51. The van der Waals surface area contributed by atoms with Crippen LogP contribution in [0, 0.1) is 13.8 Å². The average molecular weight is 406 g/mol. The molecule has 2 aromatic rings. The number of carbonyl (C=O) groups excluding carboxylic acids is 1. The van der Waals surface area contributed by atoms with Gasteiger partial charge in [-0.05, 0) is 19.4 Å². The number of ether oxygens (including phenoxy) is 3. The third kappa shape index (κ3) is 2.13. The highest BCUT2D eigenvalue weighted by Gasteiger charge is 2.59. The van der Waals surface area contributed by atoms with Gasteiger partial charge >= 0.3 is 0 Å². The van der Waals surface area contributed by atoms with Crippen molar-refractivity contribution in [2.75, 3.05) is 7.11 Å². The van der Waals surface area contributed by atoms with Crippen LogP contribution in [-0.2, 0) is 26.6 Å². The van der Waals surface area contributed by atoms with Crippen molar-refractivity contribution in [1.82, 2.24) is 0 Å². The lowest BCUT2D eigenvalue weighted by Gasteiger charge is -2.34. The molecule has 0 aliphatic carbocycles. The van der Waals surface area contributed by atoms with Gasteiger partial charge in [0, 0.05) is 23.8 Å². The van der Waals surface area contributed by atoms with Crippen molar-refractivity contribution in [3.8, 4) is 34.5 Å². The van der Waals surface area contributed by atoms with Crippen LogP contribution in [0.15, 0.2) is 0 Å². The van der Waals surface area contributed by atoms with E-state index in [1.807, 2.05) is 0 Å². The Morgan fingerprint density at radius 3 is 2.10 bits per heavy atom. The molecule has 4 rings (SSSR count). The van der Waals surface area contributed by atoms with Gasteiger partial charge in [-0.3, -0.25) is 4.79 Å². The number of ketones is 1. The molecule has 10 nitrogen and oxygen atoms in total. The lowest BCUT2D eigenvalue weighted by Crippen LogP contribution is -2.43. The van der Waals surface area contributed by atoms with E-state index in [0.717, 1.165) is 0 Å². The summed E-state index contributed by atoms with van der Waals surface area (Å²) in [5.41, 5.74) is -0.229. The zero-order valence-corrected chi connectivity index (χ0v) is 15.6. The molecule has 0 fully saturated rings. The number of phenolic OH excluding ortho intramolecular Hbond substituents is 6. The average Bonchev–Trinajstić information content (AvgIpc) is 3.04. The summed E-state index contributed by atoms with van der Waals surface area (Å²) in [5.74, 6) is -8.02. The lowest BCUT2D eigenvalue weighted by molar-refractivity contribution is -0.277. The van der Waals surface area contributed by atoms with Crippen LogP contribution in [0.5, 0.6) is 34.5 Å². The van der Waals surface area contributed by atoms with Crippen LogP contribution in [0.3, 0.4) is 0 Å². The minimum atomic E-state index is -2.32. The van der Waals surface area contributed by atoms with Crippen molar-refractivity contribution in [1.29, 1.82) is 0 Å². The van der Waals surface area contributed by atoms with Gasteiger partial charge in [-0.2, -0.15) is 0 Å². The summed E-state index contributed by atoms with van der Waals surface area (Å²) in [5, 5.41) is 60.9. The largest absolute Gasteiger partial charge is 0.504 e. The third-order valence-corrected chi connectivity index (χ3v) is 5.51. The Morgan fingerprint density at radius 2 is 1.48 bits per heavy atom. The fourth-order valence-electron chi connectivity index (χ4n) is 3.90. The van der Waals surface area contributed by atoms with Gasteiger partial charge in [0.05, 0.1) is 17.7 Å². The van der Waals surface area contributed by atoms with Crippen LogP contribution >= 0.6 is 0 Å². The first-order valence-corrected chi connectivity index (χ1v) is 8.51. The molecule has 0 saturated carbocycles. The Hall–Kier alpha value is -3.21. The number of aromatic hydroxyl groups is 6. The van der Waals surface area contributed by atoms with E-state index < -0.39 is 52.4 Å². The van der Waals surface area contributed by atoms with Gasteiger partial charge in [-0.1, -0.05) is 0 Å². The van der Waals surface area contributed by atoms with Crippen molar-refractivity contribution in [2.45, 2.75) is 32.5 Å². The molecule has 6 N–H and O–H groups in total. The van der Waals surface area contributed by atoms with Gasteiger partial charge < -0.3 is 44.8 Å². The summed E-state index contributed by atoms with van der Waals surface area (Å²) < 4.78 is 16.6. The molecule has 0 aromatic heterocycles. The van der Waals surface area contributed by atoms with Crippen molar-refractivity contribution in [3.63, 3.8) is 0 Å². The number of hydrogen-bond acceptors (Lipinski definition) is 10. The van der Waals surface area contributed by atoms with Crippen LogP contribution in [0.2, 0.25) is 0 Å². The number of hydrogen-bond donors (Lipinski definition) is 6. The summed E-state index contributed by atoms with van der Waals surface area (Å²) in [7, 11) is 1.26. The normalized spacial score (nSPS) is 22.7. The zero-order chi connectivity index (χ0) is 21.4. The molecule has 2 heterocycles. The Kier molecular flexibility index (Phi) is 3.89. The number of benzene rings is 2. The van der Waals surface area contributed by atoms with E-state index in [2.05, 4.69) is 0 Å². The summed E-state index contributed by atoms with van der Waals surface area (Å²) in [6, 6.07) is 0. The minimum Gasteiger partial charge on any atom is -0.504 e. The van der Waals surface area contributed by atoms with E-state index in [4.69, 9.17) is 14.2 Å². The molecule has 2 atom stereocenters. The van der Waals surface area contributed by atoms with Crippen molar-refractivity contribution >= 4 is 5.78 Å². The number of rotatable bonds is 1. The second kappa shape index (κ2) is 5.89. The first-order valence-electron chi connectivity index (χ1n) is 8.51. The third-order valence-electron chi connectivity index (χ3n) is 5.51. The Balaban J connectivity index is 2.04. The van der Waals surface area contributed by atoms with Crippen LogP contribution in [0.25, 0.3) is 0 Å². The molecule has 10 heteroatoms. The molecule has 2 aromatic carbocycles. The summed E-state index contributed by atoms with van der Waals surface area (Å²) >= 11 is 0. The van der Waals surface area contributed by atoms with Crippen molar-refractivity contribution < 1.29 is 49.6 Å². The number of Topliss-reactive ketones (excluding diaryl/α,β-unsaturated/α-hetero) is 1. The van der Waals surface area contributed by atoms with Gasteiger partial charge in [0.2, 0.25) is 17.3 Å². The topological polar surface area (TPSA) is 166 Å². The first-order chi connectivity index (χ1) is 13.6. The van der Waals surface area contributed by atoms with Crippen LogP contribution in [0.1, 0.15) is 44.5 Å². The molecule has 1 spiro atoms. The van der Waals surface area contributed by atoms with Crippen molar-refractivity contribution in [3.05, 3.63) is 33.4 Å². The molecular weight excluding hydrogens is 388 g/mol. The number of phenols is 6. The Labute approximate surface area is 163 Å². The predicted molar refractivity (Wildman–Crippen MR) is 94.0 cm³/mol. The lowest BCUT2D eigenvalue weighted by atomic mass is 9.85. The van der Waals surface area contributed by atoms with E-state index in [-0.39, 0.29) is 40.0 Å². The maximum atomic E-state index is 13.4. The molecule has 0 saturated heterocycles. The molecule has 2 aliphatic rings. The fraction of sp³-hybridized carbons (Fsp3) is 0.316. The molecule has 2 aliphatic heterocycles. The van der Waals surface area contributed by atoms with Gasteiger partial charge in [0.15, 0.2) is 29.3 Å². The molecule has 0 radical (unpaired) electrons. The van der Waals surface area contributed by atoms with Crippen molar-refractivity contribution in [2.24, 2.45) is 0 Å². The SMILES string of the molecule is COC1OC2(OCc3c(C)c(O)c(O)c(O)c3C2=O)c2c(O)c(O)c(O)c(C)c21. The Morgan fingerprint density at radius 1 is 0.897 bits per heavy atom. The zero-order valence-electron chi connectivity index (χ0n) is 15.6. The highest BCUT2D eigenvalue weighted by molar-refractivity contribution is 6.08. The molecular formula is C19H18O10. The quantitative estimate of drug-likeness (QED) is 0.384. The second-order valence-electron chi connectivity index (χ2n) is 6.90. The van der Waals surface area contributed by atoms with E-state index in [1.165, 1.54) is 21.0 Å². The highest BCUT2D eigenvalue weighted by Crippen LogP contribution is 2.59. The Bertz CT molecular complexity index is 1090. The van der Waals surface area contributed by atoms with Gasteiger partial charge in [0.1, 0.15) is 0 Å². The fourth-order valence-corrected chi connectivity index (χ4v) is 3.90. The standard InChI is InChI=1S/C19H18O10/c1-5-7-4-28-19(17(26)9(7)13(22)15(24)11(5)20)10-8(18(27-3)29-19)6(2)12(21)16(25)14(10)23/h18,20-25H,4H2,1-3H3. The van der Waals surface area contributed by atoms with E-state index in [0.29, 0.717) is 0 Å². The number of carbonyl (C=O) groups is 1. The van der Waals surface area contributed by atoms with Crippen LogP contribution in [-0.4, -0.2) is 43.5 Å². The van der Waals surface area contributed by atoms with E-state index in [9.17, 15) is 35.4 Å². The minimum absolute atomic E-state index is 0.0799. The van der Waals surface area contributed by atoms with Crippen LogP contribution in [0.4, 0.5) is 0 Å². The maximum absolute atomic E-state index is 13.4. The second-order valence-corrected chi connectivity index (χ2v) is 6.90. The predicted octanol–water partition coefficient (Wildman–Crippen LogP) is 1.78. The summed E-state index contributed by atoms with van der Waals surface area (Å²) in [4.78, 5) is 13.4. The smallest absolute Gasteiger partial charge is 0.268 e. The van der Waals surface area contributed by atoms with Gasteiger partial charge in [0.25, 0.3) is 5.79 Å². The molecule has 0 amide bonds. The van der Waals surface area contributed by atoms with Gasteiger partial charge in [-0.25, -0.2) is 0 Å².